The highest BCUT2D eigenvalue weighted by molar-refractivity contribution is 5.78. The predicted molar refractivity (Wildman–Crippen MR) is 68.8 cm³/mol. The Kier molecular flexibility index (Phi) is 3.79. The first-order valence-corrected chi connectivity index (χ1v) is 6.27. The molecule has 1 aliphatic rings. The van der Waals surface area contributed by atoms with Crippen LogP contribution in [-0.2, 0) is 11.2 Å². The molecule has 3 nitrogen and oxygen atoms in total. The Morgan fingerprint density at radius 1 is 1.47 bits per heavy atom. The Labute approximate surface area is 103 Å². The van der Waals surface area contributed by atoms with E-state index in [1.165, 1.54) is 11.1 Å². The molecule has 1 unspecified atom stereocenters. The van der Waals surface area contributed by atoms with E-state index in [2.05, 4.69) is 34.5 Å². The summed E-state index contributed by atoms with van der Waals surface area (Å²) in [5.74, 6) is 0.111. The molecule has 3 heteroatoms. The van der Waals surface area contributed by atoms with Crippen molar-refractivity contribution >= 4 is 5.91 Å². The van der Waals surface area contributed by atoms with Crippen LogP contribution in [0.4, 0.5) is 0 Å². The van der Waals surface area contributed by atoms with Gasteiger partial charge in [-0.05, 0) is 37.9 Å². The normalized spacial score (nSPS) is 18.2. The van der Waals surface area contributed by atoms with Gasteiger partial charge < -0.3 is 5.32 Å². The van der Waals surface area contributed by atoms with Gasteiger partial charge in [-0.1, -0.05) is 24.3 Å². The second-order valence-corrected chi connectivity index (χ2v) is 4.62. The summed E-state index contributed by atoms with van der Waals surface area (Å²) in [5.41, 5.74) is 2.82. The van der Waals surface area contributed by atoms with Gasteiger partial charge in [-0.2, -0.15) is 0 Å². The van der Waals surface area contributed by atoms with Crippen LogP contribution in [-0.4, -0.2) is 30.9 Å². The molecule has 1 amide bonds. The van der Waals surface area contributed by atoms with Crippen LogP contribution in [0.5, 0.6) is 0 Å². The first-order valence-electron chi connectivity index (χ1n) is 6.27. The zero-order valence-corrected chi connectivity index (χ0v) is 10.6. The highest BCUT2D eigenvalue weighted by Gasteiger charge is 2.26. The molecule has 92 valence electrons. The van der Waals surface area contributed by atoms with E-state index >= 15 is 0 Å². The molecule has 2 rings (SSSR count). The molecular weight excluding hydrogens is 212 g/mol. The number of carbonyl (C=O) groups is 1. The summed E-state index contributed by atoms with van der Waals surface area (Å²) < 4.78 is 0. The molecule has 1 aromatic carbocycles. The van der Waals surface area contributed by atoms with Gasteiger partial charge in [0.25, 0.3) is 0 Å². The average molecular weight is 232 g/mol. The average Bonchev–Trinajstić information content (AvgIpc) is 2.72. The number of carbonyl (C=O) groups excluding carboxylic acids is 1. The number of nitrogens with one attached hydrogen (secondary N) is 1. The van der Waals surface area contributed by atoms with Gasteiger partial charge in [0.2, 0.25) is 5.91 Å². The third-order valence-electron chi connectivity index (χ3n) is 3.40. The number of aryl methyl sites for hydroxylation is 1. The molecule has 0 aromatic heterocycles. The highest BCUT2D eigenvalue weighted by atomic mass is 16.2. The number of benzene rings is 1. The zero-order valence-electron chi connectivity index (χ0n) is 10.6. The Morgan fingerprint density at radius 2 is 2.24 bits per heavy atom. The van der Waals surface area contributed by atoms with Crippen molar-refractivity contribution < 1.29 is 4.79 Å². The molecule has 0 heterocycles. The lowest BCUT2D eigenvalue weighted by molar-refractivity contribution is -0.122. The monoisotopic (exact) mass is 232 g/mol. The lowest BCUT2D eigenvalue weighted by Crippen LogP contribution is -2.36. The quantitative estimate of drug-likeness (QED) is 0.857. The van der Waals surface area contributed by atoms with E-state index in [-0.39, 0.29) is 5.91 Å². The number of fused-ring (bicyclic) bond motifs is 1. The molecular formula is C14H20N2O. The van der Waals surface area contributed by atoms with E-state index in [0.717, 1.165) is 12.8 Å². The van der Waals surface area contributed by atoms with Crippen molar-refractivity contribution in [1.82, 2.24) is 10.2 Å². The summed E-state index contributed by atoms with van der Waals surface area (Å²) in [7, 11) is 2.03. The van der Waals surface area contributed by atoms with Gasteiger partial charge in [-0.15, -0.1) is 0 Å². The molecule has 0 radical (unpaired) electrons. The minimum Gasteiger partial charge on any atom is -0.355 e. The fourth-order valence-electron chi connectivity index (χ4n) is 2.58. The van der Waals surface area contributed by atoms with Crippen molar-refractivity contribution in [3.63, 3.8) is 0 Å². The van der Waals surface area contributed by atoms with Crippen molar-refractivity contribution in [3.8, 4) is 0 Å². The summed E-state index contributed by atoms with van der Waals surface area (Å²) in [6.07, 6.45) is 2.25. The summed E-state index contributed by atoms with van der Waals surface area (Å²) in [6, 6.07) is 8.94. The van der Waals surface area contributed by atoms with E-state index in [1.54, 1.807) is 0 Å². The smallest absolute Gasteiger partial charge is 0.234 e. The van der Waals surface area contributed by atoms with Gasteiger partial charge in [-0.3, -0.25) is 9.69 Å². The second-order valence-electron chi connectivity index (χ2n) is 4.62. The number of hydrogen-bond acceptors (Lipinski definition) is 2. The maximum Gasteiger partial charge on any atom is 0.234 e. The van der Waals surface area contributed by atoms with Crippen molar-refractivity contribution in [2.24, 2.45) is 0 Å². The van der Waals surface area contributed by atoms with Gasteiger partial charge in [-0.25, -0.2) is 0 Å². The van der Waals surface area contributed by atoms with Crippen molar-refractivity contribution in [2.45, 2.75) is 25.8 Å². The number of nitrogens with zero attached hydrogens (tertiary/aromatic N) is 1. The van der Waals surface area contributed by atoms with Crippen LogP contribution in [0, 0.1) is 0 Å². The Balaban J connectivity index is 2.02. The molecule has 1 aliphatic carbocycles. The van der Waals surface area contributed by atoms with Crippen molar-refractivity contribution in [2.75, 3.05) is 20.1 Å². The maximum absolute atomic E-state index is 11.6. The van der Waals surface area contributed by atoms with E-state index in [9.17, 15) is 4.79 Å². The molecule has 1 N–H and O–H groups in total. The van der Waals surface area contributed by atoms with Gasteiger partial charge in [0.1, 0.15) is 0 Å². The van der Waals surface area contributed by atoms with Crippen LogP contribution in [0.25, 0.3) is 0 Å². The number of likely N-dealkylation sites (N-methyl/N-ethyl adjacent to an activating group) is 2. The third kappa shape index (κ3) is 2.67. The minimum absolute atomic E-state index is 0.111. The van der Waals surface area contributed by atoms with Crippen molar-refractivity contribution in [1.29, 1.82) is 0 Å². The van der Waals surface area contributed by atoms with E-state index in [0.29, 0.717) is 19.1 Å². The molecule has 1 aromatic rings. The molecule has 0 fully saturated rings. The minimum atomic E-state index is 0.111. The van der Waals surface area contributed by atoms with Gasteiger partial charge in [0.15, 0.2) is 0 Å². The van der Waals surface area contributed by atoms with Crippen LogP contribution >= 0.6 is 0 Å². The molecule has 1 atom stereocenters. The second kappa shape index (κ2) is 5.32. The number of rotatable bonds is 4. The van der Waals surface area contributed by atoms with Gasteiger partial charge in [0, 0.05) is 12.6 Å². The lowest BCUT2D eigenvalue weighted by atomic mass is 10.1. The summed E-state index contributed by atoms with van der Waals surface area (Å²) in [5, 5.41) is 2.84. The van der Waals surface area contributed by atoms with Crippen molar-refractivity contribution in [3.05, 3.63) is 35.4 Å². The van der Waals surface area contributed by atoms with E-state index in [1.807, 2.05) is 14.0 Å². The first-order chi connectivity index (χ1) is 8.22. The molecule has 0 saturated heterocycles. The van der Waals surface area contributed by atoms with Crippen LogP contribution in [0.15, 0.2) is 24.3 Å². The number of amides is 1. The van der Waals surface area contributed by atoms with Crippen LogP contribution in [0.1, 0.15) is 30.5 Å². The zero-order chi connectivity index (χ0) is 12.3. The Morgan fingerprint density at radius 3 is 3.00 bits per heavy atom. The van der Waals surface area contributed by atoms with Gasteiger partial charge in [0.05, 0.1) is 6.54 Å². The summed E-state index contributed by atoms with van der Waals surface area (Å²) >= 11 is 0. The summed E-state index contributed by atoms with van der Waals surface area (Å²) in [4.78, 5) is 13.7. The SMILES string of the molecule is CCNC(=O)CN(C)C1CCc2ccccc21. The van der Waals surface area contributed by atoms with Crippen LogP contribution in [0.3, 0.4) is 0 Å². The first kappa shape index (κ1) is 12.1. The topological polar surface area (TPSA) is 32.3 Å². The fraction of sp³-hybridized carbons (Fsp3) is 0.500. The van der Waals surface area contributed by atoms with E-state index in [4.69, 9.17) is 0 Å². The third-order valence-corrected chi connectivity index (χ3v) is 3.40. The molecule has 0 bridgehead atoms. The predicted octanol–water partition coefficient (Wildman–Crippen LogP) is 1.74. The van der Waals surface area contributed by atoms with Crippen LogP contribution < -0.4 is 5.32 Å². The molecule has 0 spiro atoms. The number of hydrogen-bond donors (Lipinski definition) is 1. The fourth-order valence-corrected chi connectivity index (χ4v) is 2.58. The maximum atomic E-state index is 11.6. The molecule has 0 saturated carbocycles. The largest absolute Gasteiger partial charge is 0.355 e. The molecule has 17 heavy (non-hydrogen) atoms. The van der Waals surface area contributed by atoms with Gasteiger partial charge >= 0.3 is 0 Å². The molecule has 0 aliphatic heterocycles. The van der Waals surface area contributed by atoms with E-state index < -0.39 is 0 Å². The Hall–Kier alpha value is -1.35. The summed E-state index contributed by atoms with van der Waals surface area (Å²) in [6.45, 7) is 3.13. The Bertz CT molecular complexity index is 403. The standard InChI is InChI=1S/C14H20N2O/c1-3-15-14(17)10-16(2)13-9-8-11-6-4-5-7-12(11)13/h4-7,13H,3,8-10H2,1-2H3,(H,15,17). The van der Waals surface area contributed by atoms with Crippen LogP contribution in [0.2, 0.25) is 0 Å². The lowest BCUT2D eigenvalue weighted by Gasteiger charge is -2.24. The highest BCUT2D eigenvalue weighted by Crippen LogP contribution is 2.34.